The van der Waals surface area contributed by atoms with Gasteiger partial charge in [0.15, 0.2) is 0 Å². The summed E-state index contributed by atoms with van der Waals surface area (Å²) in [4.78, 5) is 14.1. The van der Waals surface area contributed by atoms with E-state index in [0.717, 1.165) is 4.88 Å². The lowest BCUT2D eigenvalue weighted by atomic mass is 10.2. The van der Waals surface area contributed by atoms with Crippen molar-refractivity contribution in [1.82, 2.24) is 4.90 Å². The van der Waals surface area contributed by atoms with Crippen LogP contribution in [0.25, 0.3) is 0 Å². The molecule has 1 heterocycles. The first-order valence-electron chi connectivity index (χ1n) is 5.95. The topological polar surface area (TPSA) is 49.8 Å². The Bertz CT molecular complexity index is 370. The molecule has 0 aliphatic rings. The van der Waals surface area contributed by atoms with Crippen molar-refractivity contribution in [1.29, 1.82) is 0 Å². The Balaban J connectivity index is 2.37. The fraction of sp³-hybridized carbons (Fsp3) is 0.615. The molecule has 0 fully saturated rings. The molecule has 0 bridgehead atoms. The summed E-state index contributed by atoms with van der Waals surface area (Å²) in [6.07, 6.45) is -0.369. The average molecular weight is 271 g/mol. The summed E-state index contributed by atoms with van der Waals surface area (Å²) < 4.78 is 5.23. The molecule has 0 aliphatic carbocycles. The summed E-state index contributed by atoms with van der Waals surface area (Å²) in [5.41, 5.74) is -0.488. The fourth-order valence-electron chi connectivity index (χ4n) is 1.37. The monoisotopic (exact) mass is 271 g/mol. The summed E-state index contributed by atoms with van der Waals surface area (Å²) in [5.74, 6) is 0. The minimum absolute atomic E-state index is 0.360. The van der Waals surface area contributed by atoms with Crippen LogP contribution in [0.2, 0.25) is 0 Å². The fourth-order valence-corrected chi connectivity index (χ4v) is 2.12. The van der Waals surface area contributed by atoms with E-state index in [1.54, 1.807) is 7.05 Å². The molecule has 1 atom stereocenters. The molecule has 0 spiro atoms. The van der Waals surface area contributed by atoms with Crippen molar-refractivity contribution in [3.63, 3.8) is 0 Å². The Morgan fingerprint density at radius 2 is 2.22 bits per heavy atom. The lowest BCUT2D eigenvalue weighted by Gasteiger charge is -2.25. The smallest absolute Gasteiger partial charge is 0.410 e. The van der Waals surface area contributed by atoms with Crippen LogP contribution in [0, 0.1) is 0 Å². The van der Waals surface area contributed by atoms with E-state index in [2.05, 4.69) is 0 Å². The van der Waals surface area contributed by atoms with E-state index >= 15 is 0 Å². The number of nitrogens with zero attached hydrogens (tertiary/aromatic N) is 1. The van der Waals surface area contributed by atoms with Crippen molar-refractivity contribution in [2.24, 2.45) is 0 Å². The normalized spacial score (nSPS) is 13.2. The predicted octanol–water partition coefficient (Wildman–Crippen LogP) is 3.04. The molecule has 0 saturated carbocycles. The van der Waals surface area contributed by atoms with Crippen molar-refractivity contribution in [3.8, 4) is 0 Å². The van der Waals surface area contributed by atoms with Gasteiger partial charge in [-0.1, -0.05) is 6.07 Å². The van der Waals surface area contributed by atoms with Crippen molar-refractivity contribution in [3.05, 3.63) is 22.4 Å². The molecule has 102 valence electrons. The van der Waals surface area contributed by atoms with E-state index < -0.39 is 11.7 Å². The maximum absolute atomic E-state index is 11.7. The van der Waals surface area contributed by atoms with Crippen molar-refractivity contribution >= 4 is 17.4 Å². The number of aliphatic hydroxyl groups excluding tert-OH is 1. The van der Waals surface area contributed by atoms with E-state index in [0.29, 0.717) is 13.0 Å². The highest BCUT2D eigenvalue weighted by Crippen LogP contribution is 2.21. The molecule has 1 N–H and O–H groups in total. The zero-order valence-electron chi connectivity index (χ0n) is 11.3. The van der Waals surface area contributed by atoms with Gasteiger partial charge in [-0.2, -0.15) is 0 Å². The molecule has 1 aromatic heterocycles. The number of rotatable bonds is 4. The van der Waals surface area contributed by atoms with Gasteiger partial charge in [0.25, 0.3) is 0 Å². The van der Waals surface area contributed by atoms with Gasteiger partial charge in [0.05, 0.1) is 6.10 Å². The second-order valence-corrected chi connectivity index (χ2v) is 6.20. The third kappa shape index (κ3) is 5.06. The van der Waals surface area contributed by atoms with E-state index in [-0.39, 0.29) is 6.09 Å². The molecule has 4 nitrogen and oxygen atoms in total. The third-order valence-electron chi connectivity index (χ3n) is 2.31. The van der Waals surface area contributed by atoms with Gasteiger partial charge in [0, 0.05) is 18.5 Å². The van der Waals surface area contributed by atoms with Gasteiger partial charge in [0.1, 0.15) is 5.60 Å². The van der Waals surface area contributed by atoms with Crippen LogP contribution >= 0.6 is 11.3 Å². The Labute approximate surface area is 112 Å². The van der Waals surface area contributed by atoms with Gasteiger partial charge in [-0.3, -0.25) is 0 Å². The highest BCUT2D eigenvalue weighted by molar-refractivity contribution is 7.10. The molecule has 0 saturated heterocycles. The van der Waals surface area contributed by atoms with Gasteiger partial charge < -0.3 is 14.7 Å². The van der Waals surface area contributed by atoms with Crippen LogP contribution < -0.4 is 0 Å². The third-order valence-corrected chi connectivity index (χ3v) is 3.29. The van der Waals surface area contributed by atoms with Crippen molar-refractivity contribution in [2.45, 2.75) is 38.9 Å². The molecular formula is C13H21NO3S. The lowest BCUT2D eigenvalue weighted by molar-refractivity contribution is 0.0274. The zero-order chi connectivity index (χ0) is 13.8. The van der Waals surface area contributed by atoms with Gasteiger partial charge in [-0.05, 0) is 38.6 Å². The van der Waals surface area contributed by atoms with Crippen LogP contribution in [-0.4, -0.2) is 35.3 Å². The van der Waals surface area contributed by atoms with Crippen molar-refractivity contribution in [2.75, 3.05) is 13.6 Å². The van der Waals surface area contributed by atoms with E-state index in [9.17, 15) is 9.90 Å². The number of thiophene rings is 1. The predicted molar refractivity (Wildman–Crippen MR) is 72.8 cm³/mol. The molecule has 0 radical (unpaired) electrons. The average Bonchev–Trinajstić information content (AvgIpc) is 2.76. The molecule has 0 aromatic carbocycles. The highest BCUT2D eigenvalue weighted by atomic mass is 32.1. The quantitative estimate of drug-likeness (QED) is 0.915. The van der Waals surface area contributed by atoms with E-state index in [4.69, 9.17) is 4.74 Å². The maximum Gasteiger partial charge on any atom is 0.410 e. The number of hydrogen-bond acceptors (Lipinski definition) is 4. The summed E-state index contributed by atoms with van der Waals surface area (Å²) in [6, 6.07) is 3.80. The Morgan fingerprint density at radius 3 is 2.72 bits per heavy atom. The number of aliphatic hydroxyl groups is 1. The summed E-state index contributed by atoms with van der Waals surface area (Å²) in [7, 11) is 1.68. The minimum atomic E-state index is -0.519. The number of carbonyl (C=O) groups excluding carboxylic acids is 1. The van der Waals surface area contributed by atoms with Gasteiger partial charge >= 0.3 is 6.09 Å². The number of carbonyl (C=O) groups is 1. The summed E-state index contributed by atoms with van der Waals surface area (Å²) in [6.45, 7) is 5.96. The summed E-state index contributed by atoms with van der Waals surface area (Å²) >= 11 is 1.52. The highest BCUT2D eigenvalue weighted by Gasteiger charge is 2.20. The number of ether oxygens (including phenoxy) is 1. The Morgan fingerprint density at radius 1 is 1.56 bits per heavy atom. The van der Waals surface area contributed by atoms with Crippen LogP contribution in [0.15, 0.2) is 17.5 Å². The van der Waals surface area contributed by atoms with Crippen molar-refractivity contribution < 1.29 is 14.6 Å². The van der Waals surface area contributed by atoms with Gasteiger partial charge in [0.2, 0.25) is 0 Å². The molecular weight excluding hydrogens is 250 g/mol. The Kier molecular flexibility index (Phi) is 5.16. The standard InChI is InChI=1S/C13H21NO3S/c1-13(2,3)17-12(16)14(4)8-7-10(15)11-6-5-9-18-11/h5-6,9-10,15H,7-8H2,1-4H3/t10-/m1/s1. The van der Waals surface area contributed by atoms with Crippen LogP contribution in [0.1, 0.15) is 38.2 Å². The van der Waals surface area contributed by atoms with Crippen LogP contribution in [-0.2, 0) is 4.74 Å². The molecule has 1 rings (SSSR count). The summed E-state index contributed by atoms with van der Waals surface area (Å²) in [5, 5.41) is 11.8. The molecule has 18 heavy (non-hydrogen) atoms. The zero-order valence-corrected chi connectivity index (χ0v) is 12.2. The second kappa shape index (κ2) is 6.20. The second-order valence-electron chi connectivity index (χ2n) is 5.22. The molecule has 5 heteroatoms. The number of amides is 1. The molecule has 1 amide bonds. The largest absolute Gasteiger partial charge is 0.444 e. The van der Waals surface area contributed by atoms with Crippen LogP contribution in [0.4, 0.5) is 4.79 Å². The first-order valence-corrected chi connectivity index (χ1v) is 6.83. The number of hydrogen-bond donors (Lipinski definition) is 1. The van der Waals surface area contributed by atoms with Gasteiger partial charge in [-0.25, -0.2) is 4.79 Å². The lowest BCUT2D eigenvalue weighted by Crippen LogP contribution is -2.35. The first-order chi connectivity index (χ1) is 8.29. The SMILES string of the molecule is CN(CC[C@@H](O)c1cccs1)C(=O)OC(C)(C)C. The molecule has 0 aliphatic heterocycles. The van der Waals surface area contributed by atoms with Crippen LogP contribution in [0.5, 0.6) is 0 Å². The van der Waals surface area contributed by atoms with E-state index in [1.165, 1.54) is 16.2 Å². The van der Waals surface area contributed by atoms with Gasteiger partial charge in [-0.15, -0.1) is 11.3 Å². The maximum atomic E-state index is 11.7. The molecule has 1 aromatic rings. The van der Waals surface area contributed by atoms with E-state index in [1.807, 2.05) is 38.3 Å². The minimum Gasteiger partial charge on any atom is -0.444 e. The Hall–Kier alpha value is -1.07. The molecule has 0 unspecified atom stereocenters. The first kappa shape index (κ1) is 15.0. The van der Waals surface area contributed by atoms with Crippen LogP contribution in [0.3, 0.4) is 0 Å².